The summed E-state index contributed by atoms with van der Waals surface area (Å²) in [4.78, 5) is 12.1. The van der Waals surface area contributed by atoms with Gasteiger partial charge < -0.3 is 15.4 Å². The van der Waals surface area contributed by atoms with E-state index in [2.05, 4.69) is 10.6 Å². The first-order chi connectivity index (χ1) is 9.20. The third-order valence-electron chi connectivity index (χ3n) is 3.20. The molecule has 0 bridgehead atoms. The number of carbonyl (C=O) groups is 1. The number of nitrogens with one attached hydrogen (secondary N) is 2. The van der Waals surface area contributed by atoms with E-state index >= 15 is 0 Å². The predicted octanol–water partition coefficient (Wildman–Crippen LogP) is 2.32. The third-order valence-corrected chi connectivity index (χ3v) is 3.43. The summed E-state index contributed by atoms with van der Waals surface area (Å²) < 4.78 is 5.44. The van der Waals surface area contributed by atoms with E-state index in [4.69, 9.17) is 16.3 Å². The van der Waals surface area contributed by atoms with E-state index in [-0.39, 0.29) is 24.4 Å². The summed E-state index contributed by atoms with van der Waals surface area (Å²) in [6.07, 6.45) is 0.411. The lowest BCUT2D eigenvalue weighted by molar-refractivity contribution is -0.135. The van der Waals surface area contributed by atoms with Crippen molar-refractivity contribution in [1.29, 1.82) is 0 Å². The molecule has 2 N–H and O–H groups in total. The summed E-state index contributed by atoms with van der Waals surface area (Å²) in [6, 6.07) is 7.55. The quantitative estimate of drug-likeness (QED) is 0.895. The van der Waals surface area contributed by atoms with Crippen molar-refractivity contribution in [3.05, 3.63) is 34.9 Å². The zero-order valence-corrected chi connectivity index (χ0v) is 13.0. The molecule has 1 amide bonds. The summed E-state index contributed by atoms with van der Waals surface area (Å²) in [5.41, 5.74) is 1.02. The molecule has 1 fully saturated rings. The Morgan fingerprint density at radius 3 is 3.00 bits per heavy atom. The fourth-order valence-electron chi connectivity index (χ4n) is 2.14. The van der Waals surface area contributed by atoms with E-state index in [1.165, 1.54) is 0 Å². The lowest BCUT2D eigenvalue weighted by Gasteiger charge is -2.25. The number of amides is 1. The van der Waals surface area contributed by atoms with Gasteiger partial charge in [-0.3, -0.25) is 4.79 Å². The zero-order chi connectivity index (χ0) is 13.7. The van der Waals surface area contributed by atoms with Gasteiger partial charge in [0.05, 0.1) is 12.6 Å². The first-order valence-corrected chi connectivity index (χ1v) is 6.96. The minimum Gasteiger partial charge on any atom is -0.366 e. The average Bonchev–Trinajstić information content (AvgIpc) is 2.45. The second-order valence-corrected chi connectivity index (χ2v) is 5.02. The van der Waals surface area contributed by atoms with E-state index in [1.54, 1.807) is 0 Å². The monoisotopic (exact) mass is 318 g/mol. The van der Waals surface area contributed by atoms with Crippen LogP contribution in [0.2, 0.25) is 5.02 Å². The molecule has 1 aliphatic heterocycles. The summed E-state index contributed by atoms with van der Waals surface area (Å²) in [7, 11) is 0. The molecule has 4 nitrogen and oxygen atoms in total. The fourth-order valence-corrected chi connectivity index (χ4v) is 2.34. The van der Waals surface area contributed by atoms with Crippen molar-refractivity contribution < 1.29 is 9.53 Å². The molecular weight excluding hydrogens is 299 g/mol. The molecule has 2 atom stereocenters. The van der Waals surface area contributed by atoms with E-state index in [0.717, 1.165) is 18.5 Å². The Morgan fingerprint density at radius 1 is 1.60 bits per heavy atom. The number of carbonyl (C=O) groups excluding carboxylic acids is 1. The van der Waals surface area contributed by atoms with Crippen LogP contribution in [0.3, 0.4) is 0 Å². The minimum atomic E-state index is -0.401. The maximum Gasteiger partial charge on any atom is 0.250 e. The van der Waals surface area contributed by atoms with Gasteiger partial charge in [0.25, 0.3) is 5.91 Å². The molecule has 2 rings (SSSR count). The first kappa shape index (κ1) is 17.2. The molecule has 1 heterocycles. The van der Waals surface area contributed by atoms with Crippen molar-refractivity contribution in [3.63, 3.8) is 0 Å². The number of benzene rings is 1. The highest BCUT2D eigenvalue weighted by atomic mass is 35.5. The highest BCUT2D eigenvalue weighted by Gasteiger charge is 2.24. The van der Waals surface area contributed by atoms with Crippen LogP contribution in [-0.2, 0) is 9.53 Å². The molecule has 0 saturated carbocycles. The Labute approximate surface area is 130 Å². The van der Waals surface area contributed by atoms with Gasteiger partial charge in [-0.2, -0.15) is 0 Å². The maximum atomic E-state index is 12.1. The summed E-state index contributed by atoms with van der Waals surface area (Å²) in [6.45, 7) is 3.98. The van der Waals surface area contributed by atoms with Crippen LogP contribution in [0.15, 0.2) is 24.3 Å². The molecule has 1 aliphatic rings. The van der Waals surface area contributed by atoms with Gasteiger partial charge in [0.2, 0.25) is 0 Å². The molecule has 20 heavy (non-hydrogen) atoms. The van der Waals surface area contributed by atoms with Crippen LogP contribution in [0, 0.1) is 0 Å². The Hall–Kier alpha value is -0.810. The Kier molecular flexibility index (Phi) is 7.30. The largest absolute Gasteiger partial charge is 0.366 e. The molecule has 1 aromatic rings. The van der Waals surface area contributed by atoms with Gasteiger partial charge in [-0.1, -0.05) is 30.7 Å². The highest BCUT2D eigenvalue weighted by molar-refractivity contribution is 6.30. The van der Waals surface area contributed by atoms with Crippen molar-refractivity contribution >= 4 is 29.9 Å². The lowest BCUT2D eigenvalue weighted by atomic mass is 10.0. The molecular formula is C14H20Cl2N2O2. The number of morpholine rings is 1. The topological polar surface area (TPSA) is 50.4 Å². The molecule has 1 aromatic carbocycles. The molecule has 1 saturated heterocycles. The number of hydrogen-bond acceptors (Lipinski definition) is 3. The second-order valence-electron chi connectivity index (χ2n) is 4.59. The molecule has 0 aromatic heterocycles. The Bertz CT molecular complexity index is 437. The van der Waals surface area contributed by atoms with Gasteiger partial charge in [-0.15, -0.1) is 12.4 Å². The van der Waals surface area contributed by atoms with Crippen molar-refractivity contribution in [2.24, 2.45) is 0 Å². The molecule has 0 spiro atoms. The standard InChI is InChI=1S/C14H19ClN2O2.ClH/c1-2-12(10-4-3-5-11(15)8-10)17-14(18)13-9-16-6-7-19-13;/h3-5,8,12-13,16H,2,6-7,9H2,1H3,(H,17,18);1H. The van der Waals surface area contributed by atoms with Crippen LogP contribution in [0.1, 0.15) is 24.9 Å². The van der Waals surface area contributed by atoms with Gasteiger partial charge in [-0.05, 0) is 24.1 Å². The second kappa shape index (κ2) is 8.47. The summed E-state index contributed by atoms with van der Waals surface area (Å²) in [5, 5.41) is 6.85. The SMILES string of the molecule is CCC(NC(=O)C1CNCCO1)c1cccc(Cl)c1.Cl. The summed E-state index contributed by atoms with van der Waals surface area (Å²) >= 11 is 5.98. The predicted molar refractivity (Wildman–Crippen MR) is 82.5 cm³/mol. The number of hydrogen-bond donors (Lipinski definition) is 2. The van der Waals surface area contributed by atoms with Crippen molar-refractivity contribution in [2.75, 3.05) is 19.7 Å². The van der Waals surface area contributed by atoms with Crippen LogP contribution in [0.4, 0.5) is 0 Å². The molecule has 0 radical (unpaired) electrons. The third kappa shape index (κ3) is 4.63. The fraction of sp³-hybridized carbons (Fsp3) is 0.500. The molecule has 0 aliphatic carbocycles. The van der Waals surface area contributed by atoms with Gasteiger partial charge in [-0.25, -0.2) is 0 Å². The van der Waals surface area contributed by atoms with Gasteiger partial charge in [0.15, 0.2) is 0 Å². The first-order valence-electron chi connectivity index (χ1n) is 6.59. The Balaban J connectivity index is 0.00000200. The maximum absolute atomic E-state index is 12.1. The normalized spacial score (nSPS) is 19.8. The Morgan fingerprint density at radius 2 is 2.40 bits per heavy atom. The average molecular weight is 319 g/mol. The molecule has 2 unspecified atom stereocenters. The van der Waals surface area contributed by atoms with E-state index in [1.807, 2.05) is 31.2 Å². The van der Waals surface area contributed by atoms with Gasteiger partial charge in [0.1, 0.15) is 6.10 Å². The smallest absolute Gasteiger partial charge is 0.250 e. The van der Waals surface area contributed by atoms with Crippen LogP contribution in [0.25, 0.3) is 0 Å². The lowest BCUT2D eigenvalue weighted by Crippen LogP contribution is -2.48. The number of rotatable bonds is 4. The van der Waals surface area contributed by atoms with E-state index in [0.29, 0.717) is 18.2 Å². The highest BCUT2D eigenvalue weighted by Crippen LogP contribution is 2.20. The van der Waals surface area contributed by atoms with Crippen LogP contribution >= 0.6 is 24.0 Å². The van der Waals surface area contributed by atoms with Crippen molar-refractivity contribution in [2.45, 2.75) is 25.5 Å². The molecule has 112 valence electrons. The minimum absolute atomic E-state index is 0. The number of ether oxygens (including phenoxy) is 1. The van der Waals surface area contributed by atoms with E-state index in [9.17, 15) is 4.79 Å². The summed E-state index contributed by atoms with van der Waals surface area (Å²) in [5.74, 6) is -0.0703. The zero-order valence-electron chi connectivity index (χ0n) is 11.4. The van der Waals surface area contributed by atoms with Crippen molar-refractivity contribution in [3.8, 4) is 0 Å². The number of halogens is 2. The van der Waals surface area contributed by atoms with Crippen LogP contribution < -0.4 is 10.6 Å². The van der Waals surface area contributed by atoms with Crippen LogP contribution in [0.5, 0.6) is 0 Å². The van der Waals surface area contributed by atoms with Crippen molar-refractivity contribution in [1.82, 2.24) is 10.6 Å². The molecule has 6 heteroatoms. The van der Waals surface area contributed by atoms with Crippen LogP contribution in [-0.4, -0.2) is 31.7 Å². The van der Waals surface area contributed by atoms with E-state index < -0.39 is 6.10 Å². The van der Waals surface area contributed by atoms with Gasteiger partial charge >= 0.3 is 0 Å². The van der Waals surface area contributed by atoms with Gasteiger partial charge in [0, 0.05) is 18.1 Å².